The van der Waals surface area contributed by atoms with E-state index in [2.05, 4.69) is 22.1 Å². The molecule has 0 atom stereocenters. The normalized spacial score (nSPS) is 14.9. The number of benzene rings is 1. The van der Waals surface area contributed by atoms with Crippen molar-refractivity contribution in [3.05, 3.63) is 56.2 Å². The van der Waals surface area contributed by atoms with E-state index in [1.165, 1.54) is 20.5 Å². The maximum Gasteiger partial charge on any atom is 0.333 e. The highest BCUT2D eigenvalue weighted by atomic mass is 32.1. The summed E-state index contributed by atoms with van der Waals surface area (Å²) in [5, 5.41) is 3.62. The maximum atomic E-state index is 13.2. The number of piperidine rings is 1. The molecule has 1 N–H and O–H groups in total. The van der Waals surface area contributed by atoms with E-state index >= 15 is 0 Å². The molecule has 0 saturated carbocycles. The summed E-state index contributed by atoms with van der Waals surface area (Å²) in [5.74, 6) is 0.374. The maximum absolute atomic E-state index is 13.2. The third-order valence-corrected chi connectivity index (χ3v) is 7.28. The fourth-order valence-electron chi connectivity index (χ4n) is 4.08. The summed E-state index contributed by atoms with van der Waals surface area (Å²) in [6.45, 7) is 9.78. The molecular weight excluding hydrogens is 438 g/mol. The summed E-state index contributed by atoms with van der Waals surface area (Å²) in [5.41, 5.74) is 1.59. The van der Waals surface area contributed by atoms with Crippen LogP contribution in [0.15, 0.2) is 33.9 Å². The lowest BCUT2D eigenvalue weighted by Crippen LogP contribution is -2.43. The molecule has 9 heteroatoms. The Hall–Kier alpha value is -2.94. The molecule has 0 spiro atoms. The molecule has 0 radical (unpaired) electrons. The van der Waals surface area contributed by atoms with Gasteiger partial charge in [-0.3, -0.25) is 18.7 Å². The Morgan fingerprint density at radius 1 is 1.18 bits per heavy atom. The van der Waals surface area contributed by atoms with Gasteiger partial charge in [-0.05, 0) is 45.1 Å². The van der Waals surface area contributed by atoms with Crippen LogP contribution in [0.1, 0.15) is 50.8 Å². The lowest BCUT2D eigenvalue weighted by Gasteiger charge is -2.29. The van der Waals surface area contributed by atoms with Crippen molar-refractivity contribution in [1.82, 2.24) is 19.4 Å². The average molecular weight is 470 g/mol. The number of fused-ring (bicyclic) bond motifs is 1. The molecule has 1 saturated heterocycles. The van der Waals surface area contributed by atoms with Crippen LogP contribution in [0.3, 0.4) is 0 Å². The average Bonchev–Trinajstić information content (AvgIpc) is 3.22. The molecule has 1 aliphatic rings. The number of rotatable bonds is 6. The van der Waals surface area contributed by atoms with Gasteiger partial charge in [-0.1, -0.05) is 48.1 Å². The van der Waals surface area contributed by atoms with Crippen LogP contribution in [0.25, 0.3) is 10.3 Å². The van der Waals surface area contributed by atoms with Crippen molar-refractivity contribution in [3.8, 4) is 0 Å². The van der Waals surface area contributed by atoms with Crippen molar-refractivity contribution in [2.45, 2.75) is 59.7 Å². The van der Waals surface area contributed by atoms with E-state index in [1.807, 2.05) is 31.2 Å². The minimum Gasteiger partial charge on any atom is -0.350 e. The molecule has 176 valence electrons. The van der Waals surface area contributed by atoms with Gasteiger partial charge in [0.05, 0.1) is 0 Å². The second-order valence-corrected chi connectivity index (χ2v) is 10.2. The minimum atomic E-state index is -0.503. The highest BCUT2D eigenvalue weighted by molar-refractivity contribution is 7.22. The summed E-state index contributed by atoms with van der Waals surface area (Å²) in [4.78, 5) is 46.0. The predicted octanol–water partition coefficient (Wildman–Crippen LogP) is 3.06. The third kappa shape index (κ3) is 4.88. The number of carbonyl (C=O) groups is 1. The van der Waals surface area contributed by atoms with Crippen molar-refractivity contribution in [2.75, 3.05) is 18.0 Å². The summed E-state index contributed by atoms with van der Waals surface area (Å²) < 4.78 is 2.98. The van der Waals surface area contributed by atoms with E-state index in [0.29, 0.717) is 22.8 Å². The van der Waals surface area contributed by atoms with Crippen LogP contribution < -0.4 is 21.5 Å². The van der Waals surface area contributed by atoms with Crippen LogP contribution in [0, 0.1) is 12.8 Å². The van der Waals surface area contributed by atoms with Gasteiger partial charge in [-0.25, -0.2) is 9.78 Å². The van der Waals surface area contributed by atoms with Gasteiger partial charge in [0.2, 0.25) is 5.91 Å². The number of hydrogen-bond acceptors (Lipinski definition) is 6. The Morgan fingerprint density at radius 3 is 2.48 bits per heavy atom. The van der Waals surface area contributed by atoms with Gasteiger partial charge in [0.25, 0.3) is 5.56 Å². The second kappa shape index (κ2) is 9.51. The Kier molecular flexibility index (Phi) is 6.69. The van der Waals surface area contributed by atoms with Gasteiger partial charge in [-0.15, -0.1) is 0 Å². The molecule has 3 heterocycles. The number of aryl methyl sites for hydroxylation is 1. The topological polar surface area (TPSA) is 89.2 Å². The van der Waals surface area contributed by atoms with E-state index in [9.17, 15) is 14.4 Å². The molecule has 1 amide bonds. The summed E-state index contributed by atoms with van der Waals surface area (Å²) in [7, 11) is 0. The number of thiazole rings is 1. The molecular formula is C24H31N5O3S. The van der Waals surface area contributed by atoms with Gasteiger partial charge in [0.15, 0.2) is 10.8 Å². The highest BCUT2D eigenvalue weighted by Gasteiger charge is 2.24. The number of anilines is 1. The van der Waals surface area contributed by atoms with Crippen LogP contribution in [-0.4, -0.2) is 33.1 Å². The first-order valence-electron chi connectivity index (χ1n) is 11.5. The number of hydrogen-bond donors (Lipinski definition) is 1. The van der Waals surface area contributed by atoms with E-state index in [-0.39, 0.29) is 24.1 Å². The largest absolute Gasteiger partial charge is 0.350 e. The Bertz CT molecular complexity index is 1260. The van der Waals surface area contributed by atoms with Crippen molar-refractivity contribution in [1.29, 1.82) is 0 Å². The molecule has 0 aliphatic carbocycles. The molecule has 0 bridgehead atoms. The molecule has 1 aromatic carbocycles. The van der Waals surface area contributed by atoms with E-state index < -0.39 is 5.69 Å². The first kappa shape index (κ1) is 23.2. The van der Waals surface area contributed by atoms with Gasteiger partial charge in [0, 0.05) is 25.7 Å². The standard InChI is InChI=1S/C24H31N5O3S/c1-15(2)29-22(31)20-21(26-23(33-20)27-11-9-17(4)10-12-27)28(24(29)32)14-19(30)25-13-18-7-5-16(3)6-8-18/h5-8,15,17H,9-14H2,1-4H3,(H,25,30). The molecule has 33 heavy (non-hydrogen) atoms. The molecule has 8 nitrogen and oxygen atoms in total. The van der Waals surface area contributed by atoms with Crippen LogP contribution in [0.4, 0.5) is 5.13 Å². The number of nitrogens with one attached hydrogen (secondary N) is 1. The van der Waals surface area contributed by atoms with Gasteiger partial charge in [-0.2, -0.15) is 0 Å². The number of nitrogens with zero attached hydrogens (tertiary/aromatic N) is 4. The second-order valence-electron chi connectivity index (χ2n) is 9.22. The lowest BCUT2D eigenvalue weighted by atomic mass is 10.00. The monoisotopic (exact) mass is 469 g/mol. The van der Waals surface area contributed by atoms with E-state index in [1.54, 1.807) is 13.8 Å². The molecule has 1 aliphatic heterocycles. The fraction of sp³-hybridized carbons (Fsp3) is 0.500. The number of carbonyl (C=O) groups excluding carboxylic acids is 1. The molecule has 1 fully saturated rings. The Morgan fingerprint density at radius 2 is 1.85 bits per heavy atom. The first-order valence-corrected chi connectivity index (χ1v) is 12.3. The van der Waals surface area contributed by atoms with Crippen molar-refractivity contribution in [2.24, 2.45) is 5.92 Å². The van der Waals surface area contributed by atoms with Gasteiger partial charge < -0.3 is 10.2 Å². The van der Waals surface area contributed by atoms with Gasteiger partial charge >= 0.3 is 5.69 Å². The van der Waals surface area contributed by atoms with Crippen LogP contribution in [0.2, 0.25) is 0 Å². The summed E-state index contributed by atoms with van der Waals surface area (Å²) in [6, 6.07) is 7.59. The van der Waals surface area contributed by atoms with Crippen LogP contribution >= 0.6 is 11.3 Å². The Labute approximate surface area is 196 Å². The van der Waals surface area contributed by atoms with Crippen molar-refractivity contribution < 1.29 is 4.79 Å². The Balaban J connectivity index is 1.66. The zero-order valence-electron chi connectivity index (χ0n) is 19.6. The zero-order chi connectivity index (χ0) is 23.7. The lowest BCUT2D eigenvalue weighted by molar-refractivity contribution is -0.121. The van der Waals surface area contributed by atoms with Crippen molar-refractivity contribution in [3.63, 3.8) is 0 Å². The summed E-state index contributed by atoms with van der Waals surface area (Å²) in [6.07, 6.45) is 2.14. The molecule has 3 aromatic rings. The molecule has 2 aromatic heterocycles. The predicted molar refractivity (Wildman–Crippen MR) is 132 cm³/mol. The molecule has 0 unspecified atom stereocenters. The third-order valence-electron chi connectivity index (χ3n) is 6.19. The van der Waals surface area contributed by atoms with Gasteiger partial charge in [0.1, 0.15) is 11.2 Å². The quantitative estimate of drug-likeness (QED) is 0.599. The van der Waals surface area contributed by atoms with E-state index in [4.69, 9.17) is 0 Å². The zero-order valence-corrected chi connectivity index (χ0v) is 20.4. The van der Waals surface area contributed by atoms with Crippen LogP contribution in [-0.2, 0) is 17.9 Å². The molecule has 4 rings (SSSR count). The minimum absolute atomic E-state index is 0.186. The number of aromatic nitrogens is 3. The summed E-state index contributed by atoms with van der Waals surface area (Å²) >= 11 is 1.31. The van der Waals surface area contributed by atoms with E-state index in [0.717, 1.165) is 42.2 Å². The smallest absolute Gasteiger partial charge is 0.333 e. The SMILES string of the molecule is Cc1ccc(CNC(=O)Cn2c(=O)n(C(C)C)c(=O)c3sc(N4CCC(C)CC4)nc32)cc1. The van der Waals surface area contributed by atoms with Crippen molar-refractivity contribution >= 4 is 32.7 Å². The highest BCUT2D eigenvalue weighted by Crippen LogP contribution is 2.29. The first-order chi connectivity index (χ1) is 15.7. The fourth-order valence-corrected chi connectivity index (χ4v) is 5.14. The van der Waals surface area contributed by atoms with Crippen LogP contribution in [0.5, 0.6) is 0 Å². The number of amides is 1.